The topological polar surface area (TPSA) is 97.7 Å². The first kappa shape index (κ1) is 17.4. The monoisotopic (exact) mass is 368 g/mol. The van der Waals surface area contributed by atoms with Gasteiger partial charge in [-0.15, -0.1) is 0 Å². The highest BCUT2D eigenvalue weighted by molar-refractivity contribution is 5.93. The highest BCUT2D eigenvalue weighted by Crippen LogP contribution is 2.36. The number of amides is 1. The molecule has 0 radical (unpaired) electrons. The van der Waals surface area contributed by atoms with Crippen LogP contribution in [0, 0.1) is 0 Å². The molecule has 0 unspecified atom stereocenters. The average molecular weight is 368 g/mol. The molecule has 27 heavy (non-hydrogen) atoms. The van der Waals surface area contributed by atoms with Crippen molar-refractivity contribution in [2.24, 2.45) is 0 Å². The Morgan fingerprint density at radius 1 is 1.33 bits per heavy atom. The summed E-state index contributed by atoms with van der Waals surface area (Å²) in [5.41, 5.74) is 0.879. The molecule has 140 valence electrons. The maximum absolute atomic E-state index is 12.4. The van der Waals surface area contributed by atoms with Crippen LogP contribution in [0.15, 0.2) is 51.6 Å². The first-order valence-corrected chi connectivity index (χ1v) is 8.78. The molecule has 0 aliphatic heterocycles. The van der Waals surface area contributed by atoms with Gasteiger partial charge in [-0.1, -0.05) is 11.2 Å². The van der Waals surface area contributed by atoms with Gasteiger partial charge in [0.15, 0.2) is 11.5 Å². The lowest BCUT2D eigenvalue weighted by Gasteiger charge is -2.34. The second kappa shape index (κ2) is 6.92. The molecular formula is C20H20N2O5. The molecule has 1 amide bonds. The Hall–Kier alpha value is -3.06. The van der Waals surface area contributed by atoms with Gasteiger partial charge in [-0.05, 0) is 54.7 Å². The third-order valence-electron chi connectivity index (χ3n) is 4.90. The van der Waals surface area contributed by atoms with Gasteiger partial charge in [-0.3, -0.25) is 4.79 Å². The smallest absolute Gasteiger partial charge is 0.273 e. The van der Waals surface area contributed by atoms with Gasteiger partial charge < -0.3 is 24.1 Å². The standard InChI is InChI=1S/C20H20N2O5/c1-25-14-6-7-15-13(10-14)4-2-8-20(15,24)12-21-19(23)16-11-18(27-22-16)17-5-3-9-26-17/h3,5-7,9-11,24H,2,4,8,12H2,1H3,(H,21,23)/t20-/m0/s1. The second-order valence-electron chi connectivity index (χ2n) is 6.64. The summed E-state index contributed by atoms with van der Waals surface area (Å²) >= 11 is 0. The van der Waals surface area contributed by atoms with Crippen LogP contribution in [0.25, 0.3) is 11.5 Å². The van der Waals surface area contributed by atoms with Gasteiger partial charge in [0.05, 0.1) is 19.9 Å². The van der Waals surface area contributed by atoms with Crippen LogP contribution in [-0.4, -0.2) is 29.8 Å². The number of benzene rings is 1. The molecule has 7 nitrogen and oxygen atoms in total. The van der Waals surface area contributed by atoms with E-state index in [0.29, 0.717) is 17.9 Å². The van der Waals surface area contributed by atoms with Crippen molar-refractivity contribution in [3.63, 3.8) is 0 Å². The molecule has 0 bridgehead atoms. The molecule has 2 heterocycles. The highest BCUT2D eigenvalue weighted by atomic mass is 16.5. The predicted molar refractivity (Wildman–Crippen MR) is 96.4 cm³/mol. The van der Waals surface area contributed by atoms with E-state index in [0.717, 1.165) is 29.7 Å². The number of nitrogens with one attached hydrogen (secondary N) is 1. The van der Waals surface area contributed by atoms with Crippen LogP contribution < -0.4 is 10.1 Å². The zero-order valence-electron chi connectivity index (χ0n) is 14.9. The van der Waals surface area contributed by atoms with E-state index in [1.807, 2.05) is 18.2 Å². The number of ether oxygens (including phenoxy) is 1. The zero-order chi connectivity index (χ0) is 18.9. The summed E-state index contributed by atoms with van der Waals surface area (Å²) in [7, 11) is 1.62. The number of aryl methyl sites for hydroxylation is 1. The molecule has 0 saturated carbocycles. The largest absolute Gasteiger partial charge is 0.497 e. The molecule has 1 aliphatic rings. The van der Waals surface area contributed by atoms with Crippen molar-refractivity contribution in [3.8, 4) is 17.3 Å². The molecule has 1 aromatic carbocycles. The normalized spacial score (nSPS) is 18.7. The number of nitrogens with zero attached hydrogens (tertiary/aromatic N) is 1. The molecule has 4 rings (SSSR count). The number of methoxy groups -OCH3 is 1. The van der Waals surface area contributed by atoms with Crippen molar-refractivity contribution >= 4 is 5.91 Å². The Morgan fingerprint density at radius 2 is 2.22 bits per heavy atom. The summed E-state index contributed by atoms with van der Waals surface area (Å²) < 4.78 is 15.6. The lowest BCUT2D eigenvalue weighted by atomic mass is 9.79. The third kappa shape index (κ3) is 3.33. The number of rotatable bonds is 5. The van der Waals surface area contributed by atoms with Crippen molar-refractivity contribution in [2.45, 2.75) is 24.9 Å². The van der Waals surface area contributed by atoms with E-state index in [2.05, 4.69) is 10.5 Å². The van der Waals surface area contributed by atoms with Crippen molar-refractivity contribution < 1.29 is 23.6 Å². The summed E-state index contributed by atoms with van der Waals surface area (Å²) in [4.78, 5) is 12.4. The minimum atomic E-state index is -1.12. The summed E-state index contributed by atoms with van der Waals surface area (Å²) in [6.45, 7) is 0.0914. The number of hydrogen-bond donors (Lipinski definition) is 2. The van der Waals surface area contributed by atoms with Crippen LogP contribution in [0.1, 0.15) is 34.5 Å². The van der Waals surface area contributed by atoms with Gasteiger partial charge in [0.1, 0.15) is 11.4 Å². The fourth-order valence-electron chi connectivity index (χ4n) is 3.48. The zero-order valence-corrected chi connectivity index (χ0v) is 14.9. The third-order valence-corrected chi connectivity index (χ3v) is 4.90. The summed E-state index contributed by atoms with van der Waals surface area (Å²) in [6.07, 6.45) is 3.80. The van der Waals surface area contributed by atoms with Gasteiger partial charge in [-0.25, -0.2) is 0 Å². The Morgan fingerprint density at radius 3 is 3.00 bits per heavy atom. The molecule has 2 aromatic heterocycles. The lowest BCUT2D eigenvalue weighted by Crippen LogP contribution is -2.43. The maximum atomic E-state index is 12.4. The lowest BCUT2D eigenvalue weighted by molar-refractivity contribution is 0.0188. The molecule has 3 aromatic rings. The fraction of sp³-hybridized carbons (Fsp3) is 0.300. The first-order chi connectivity index (χ1) is 13.1. The quantitative estimate of drug-likeness (QED) is 0.719. The molecule has 0 saturated heterocycles. The van der Waals surface area contributed by atoms with E-state index in [1.165, 1.54) is 12.3 Å². The summed E-state index contributed by atoms with van der Waals surface area (Å²) in [5.74, 6) is 1.22. The number of fused-ring (bicyclic) bond motifs is 1. The first-order valence-electron chi connectivity index (χ1n) is 8.78. The SMILES string of the molecule is COc1ccc2c(c1)CCC[C@]2(O)CNC(=O)c1cc(-c2ccco2)on1. The minimum absolute atomic E-state index is 0.0914. The molecule has 1 atom stereocenters. The Bertz CT molecular complexity index is 947. The van der Waals surface area contributed by atoms with Crippen LogP contribution >= 0.6 is 0 Å². The Balaban J connectivity index is 1.48. The number of carbonyl (C=O) groups is 1. The minimum Gasteiger partial charge on any atom is -0.497 e. The van der Waals surface area contributed by atoms with Gasteiger partial charge in [0, 0.05) is 6.07 Å². The second-order valence-corrected chi connectivity index (χ2v) is 6.64. The van der Waals surface area contributed by atoms with Crippen molar-refractivity contribution in [1.82, 2.24) is 10.5 Å². The van der Waals surface area contributed by atoms with E-state index in [-0.39, 0.29) is 12.2 Å². The molecular weight excluding hydrogens is 348 g/mol. The van der Waals surface area contributed by atoms with Crippen molar-refractivity contribution in [2.75, 3.05) is 13.7 Å². The molecule has 0 spiro atoms. The number of furan rings is 1. The number of aliphatic hydroxyl groups is 1. The highest BCUT2D eigenvalue weighted by Gasteiger charge is 2.35. The number of hydrogen-bond acceptors (Lipinski definition) is 6. The van der Waals surface area contributed by atoms with E-state index in [9.17, 15) is 9.90 Å². The van der Waals surface area contributed by atoms with Crippen LogP contribution in [0.5, 0.6) is 5.75 Å². The summed E-state index contributed by atoms with van der Waals surface area (Å²) in [5, 5.41) is 17.7. The van der Waals surface area contributed by atoms with Crippen LogP contribution in [-0.2, 0) is 12.0 Å². The molecule has 0 fully saturated rings. The maximum Gasteiger partial charge on any atom is 0.273 e. The van der Waals surface area contributed by atoms with Crippen LogP contribution in [0.2, 0.25) is 0 Å². The van der Waals surface area contributed by atoms with Crippen molar-refractivity contribution in [3.05, 3.63) is 59.5 Å². The predicted octanol–water partition coefficient (Wildman–Crippen LogP) is 2.90. The molecule has 7 heteroatoms. The number of aromatic nitrogens is 1. The van der Waals surface area contributed by atoms with E-state index >= 15 is 0 Å². The van der Waals surface area contributed by atoms with Crippen LogP contribution in [0.3, 0.4) is 0 Å². The van der Waals surface area contributed by atoms with Gasteiger partial charge >= 0.3 is 0 Å². The Labute approximate surface area is 155 Å². The van der Waals surface area contributed by atoms with Gasteiger partial charge in [0.2, 0.25) is 5.76 Å². The fourth-order valence-corrected chi connectivity index (χ4v) is 3.48. The molecule has 1 aliphatic carbocycles. The average Bonchev–Trinajstić information content (AvgIpc) is 3.37. The van der Waals surface area contributed by atoms with E-state index in [4.69, 9.17) is 13.7 Å². The van der Waals surface area contributed by atoms with E-state index < -0.39 is 11.5 Å². The van der Waals surface area contributed by atoms with Gasteiger partial charge in [0.25, 0.3) is 5.91 Å². The van der Waals surface area contributed by atoms with Crippen molar-refractivity contribution in [1.29, 1.82) is 0 Å². The summed E-state index contributed by atoms with van der Waals surface area (Å²) in [6, 6.07) is 10.6. The van der Waals surface area contributed by atoms with Crippen LogP contribution in [0.4, 0.5) is 0 Å². The Kier molecular flexibility index (Phi) is 4.45. The van der Waals surface area contributed by atoms with E-state index in [1.54, 1.807) is 19.2 Å². The number of carbonyl (C=O) groups excluding carboxylic acids is 1. The van der Waals surface area contributed by atoms with Gasteiger partial charge in [-0.2, -0.15) is 0 Å². The molecule has 2 N–H and O–H groups in total.